The first kappa shape index (κ1) is 16.2. The third-order valence-electron chi connectivity index (χ3n) is 4.02. The van der Waals surface area contributed by atoms with Gasteiger partial charge in [-0.25, -0.2) is 13.8 Å². The normalized spacial score (nSPS) is 16.1. The molecule has 2 aromatic rings. The van der Waals surface area contributed by atoms with E-state index in [1.165, 1.54) is 18.1 Å². The van der Waals surface area contributed by atoms with E-state index in [2.05, 4.69) is 4.98 Å². The summed E-state index contributed by atoms with van der Waals surface area (Å²) in [6.07, 6.45) is 1.48. The number of nitrogens with zero attached hydrogens (tertiary/aromatic N) is 2. The minimum absolute atomic E-state index is 0.0180. The van der Waals surface area contributed by atoms with Crippen molar-refractivity contribution in [2.24, 2.45) is 0 Å². The van der Waals surface area contributed by atoms with E-state index >= 15 is 0 Å². The van der Waals surface area contributed by atoms with Gasteiger partial charge in [0.25, 0.3) is 5.91 Å². The third-order valence-corrected chi connectivity index (χ3v) is 4.02. The topological polar surface area (TPSA) is 51.7 Å². The molecule has 0 aliphatic carbocycles. The Bertz CT molecular complexity index is 782. The fourth-order valence-corrected chi connectivity index (χ4v) is 2.84. The molecule has 1 aromatic carbocycles. The second kappa shape index (κ2) is 6.43. The van der Waals surface area contributed by atoms with Crippen molar-refractivity contribution in [2.45, 2.75) is 12.5 Å². The highest BCUT2D eigenvalue weighted by Gasteiger charge is 2.31. The van der Waals surface area contributed by atoms with Crippen LogP contribution in [0.2, 0.25) is 0 Å². The number of hydrogen-bond acceptors (Lipinski definition) is 4. The Kier molecular flexibility index (Phi) is 4.33. The van der Waals surface area contributed by atoms with E-state index in [1.807, 2.05) is 0 Å². The van der Waals surface area contributed by atoms with Gasteiger partial charge in [0.05, 0.1) is 26.0 Å². The van der Waals surface area contributed by atoms with E-state index < -0.39 is 17.5 Å². The average Bonchev–Trinajstić information content (AvgIpc) is 2.60. The lowest BCUT2D eigenvalue weighted by atomic mass is 9.98. The van der Waals surface area contributed by atoms with Gasteiger partial charge in [-0.1, -0.05) is 12.1 Å². The number of fused-ring (bicyclic) bond motifs is 1. The summed E-state index contributed by atoms with van der Waals surface area (Å²) in [6.45, 7) is 0.286. The smallest absolute Gasteiger partial charge is 0.259 e. The number of halogens is 2. The van der Waals surface area contributed by atoms with Gasteiger partial charge in [-0.3, -0.25) is 4.79 Å². The van der Waals surface area contributed by atoms with Crippen molar-refractivity contribution in [2.75, 3.05) is 20.8 Å². The molecule has 2 heterocycles. The molecule has 0 N–H and O–H groups in total. The summed E-state index contributed by atoms with van der Waals surface area (Å²) in [5.74, 6) is -1.37. The zero-order valence-corrected chi connectivity index (χ0v) is 13.3. The van der Waals surface area contributed by atoms with Crippen molar-refractivity contribution in [1.29, 1.82) is 0 Å². The van der Waals surface area contributed by atoms with E-state index in [4.69, 9.17) is 9.47 Å². The molecule has 1 amide bonds. The second-order valence-corrected chi connectivity index (χ2v) is 5.44. The number of amides is 1. The van der Waals surface area contributed by atoms with E-state index in [9.17, 15) is 13.6 Å². The SMILES string of the molecule is COc1ncc(F)cc1C(=O)N(C)C1CCOc2c(F)cccc21. The number of rotatable bonds is 3. The highest BCUT2D eigenvalue weighted by molar-refractivity contribution is 5.96. The lowest BCUT2D eigenvalue weighted by Gasteiger charge is -2.33. The van der Waals surface area contributed by atoms with Crippen LogP contribution in [-0.4, -0.2) is 36.6 Å². The Morgan fingerprint density at radius 3 is 2.96 bits per heavy atom. The number of ether oxygens (including phenoxy) is 2. The van der Waals surface area contributed by atoms with Crippen molar-refractivity contribution in [1.82, 2.24) is 9.88 Å². The maximum atomic E-state index is 13.9. The van der Waals surface area contributed by atoms with Crippen LogP contribution in [0.15, 0.2) is 30.5 Å². The number of para-hydroxylation sites is 1. The maximum absolute atomic E-state index is 13.9. The molecule has 0 radical (unpaired) electrons. The predicted octanol–water partition coefficient (Wildman–Crippen LogP) is 2.96. The number of methoxy groups -OCH3 is 1. The monoisotopic (exact) mass is 334 g/mol. The molecule has 1 aliphatic heterocycles. The molecule has 5 nitrogen and oxygen atoms in total. The van der Waals surface area contributed by atoms with Gasteiger partial charge >= 0.3 is 0 Å². The van der Waals surface area contributed by atoms with Gasteiger partial charge in [0.15, 0.2) is 11.6 Å². The number of aromatic nitrogens is 1. The van der Waals surface area contributed by atoms with Crippen LogP contribution in [0.3, 0.4) is 0 Å². The summed E-state index contributed by atoms with van der Waals surface area (Å²) in [5, 5.41) is 0. The van der Waals surface area contributed by atoms with Gasteiger partial charge in [-0.05, 0) is 12.1 Å². The van der Waals surface area contributed by atoms with Gasteiger partial charge in [0.1, 0.15) is 11.4 Å². The molecule has 0 saturated carbocycles. The fraction of sp³-hybridized carbons (Fsp3) is 0.294. The quantitative estimate of drug-likeness (QED) is 0.866. The van der Waals surface area contributed by atoms with Crippen LogP contribution in [-0.2, 0) is 0 Å². The first-order valence-corrected chi connectivity index (χ1v) is 7.41. The summed E-state index contributed by atoms with van der Waals surface area (Å²) in [5.41, 5.74) is 0.602. The van der Waals surface area contributed by atoms with E-state index in [0.717, 1.165) is 12.3 Å². The summed E-state index contributed by atoms with van der Waals surface area (Å²) < 4.78 is 37.8. The van der Waals surface area contributed by atoms with Crippen LogP contribution in [0.5, 0.6) is 11.6 Å². The van der Waals surface area contributed by atoms with Crippen LogP contribution >= 0.6 is 0 Å². The van der Waals surface area contributed by atoms with Crippen LogP contribution in [0, 0.1) is 11.6 Å². The summed E-state index contributed by atoms with van der Waals surface area (Å²) >= 11 is 0. The fourth-order valence-electron chi connectivity index (χ4n) is 2.84. The van der Waals surface area contributed by atoms with Gasteiger partial charge in [-0.2, -0.15) is 0 Å². The third kappa shape index (κ3) is 2.77. The number of benzene rings is 1. The lowest BCUT2D eigenvalue weighted by Crippen LogP contribution is -2.35. The molecule has 0 bridgehead atoms. The molecule has 0 fully saturated rings. The molecule has 1 atom stereocenters. The Labute approximate surface area is 137 Å². The highest BCUT2D eigenvalue weighted by Crippen LogP contribution is 2.37. The van der Waals surface area contributed by atoms with Crippen molar-refractivity contribution < 1.29 is 23.0 Å². The van der Waals surface area contributed by atoms with E-state index in [-0.39, 0.29) is 29.8 Å². The first-order chi connectivity index (χ1) is 11.5. The van der Waals surface area contributed by atoms with Crippen LogP contribution in [0.25, 0.3) is 0 Å². The standard InChI is InChI=1S/C17H16F2N2O3/c1-21(17(22)12-8-10(18)9-20-16(12)23-2)14-6-7-24-15-11(14)4-3-5-13(15)19/h3-5,8-9,14H,6-7H2,1-2H3. The van der Waals surface area contributed by atoms with Gasteiger partial charge < -0.3 is 14.4 Å². The number of carbonyl (C=O) groups excluding carboxylic acids is 1. The molecule has 7 heteroatoms. The van der Waals surface area contributed by atoms with Crippen molar-refractivity contribution in [3.63, 3.8) is 0 Å². The number of pyridine rings is 1. The Morgan fingerprint density at radius 1 is 1.42 bits per heavy atom. The lowest BCUT2D eigenvalue weighted by molar-refractivity contribution is 0.0678. The summed E-state index contributed by atoms with van der Waals surface area (Å²) in [7, 11) is 2.94. The largest absolute Gasteiger partial charge is 0.490 e. The van der Waals surface area contributed by atoms with Gasteiger partial charge in [-0.15, -0.1) is 0 Å². The average molecular weight is 334 g/mol. The zero-order valence-electron chi connectivity index (χ0n) is 13.3. The number of hydrogen-bond donors (Lipinski definition) is 0. The van der Waals surface area contributed by atoms with E-state index in [0.29, 0.717) is 12.0 Å². The zero-order chi connectivity index (χ0) is 17.3. The molecule has 126 valence electrons. The minimum Gasteiger partial charge on any atom is -0.490 e. The Hall–Kier alpha value is -2.70. The number of carbonyl (C=O) groups is 1. The maximum Gasteiger partial charge on any atom is 0.259 e. The molecule has 0 spiro atoms. The highest BCUT2D eigenvalue weighted by atomic mass is 19.1. The molecule has 1 aromatic heterocycles. The van der Waals surface area contributed by atoms with Crippen LogP contribution in [0.4, 0.5) is 8.78 Å². The molecule has 1 aliphatic rings. The van der Waals surface area contributed by atoms with Gasteiger partial charge in [0.2, 0.25) is 5.88 Å². The summed E-state index contributed by atoms with van der Waals surface area (Å²) in [4.78, 5) is 18.0. The molecule has 0 saturated heterocycles. The second-order valence-electron chi connectivity index (χ2n) is 5.44. The summed E-state index contributed by atoms with van der Waals surface area (Å²) in [6, 6.07) is 5.29. The van der Waals surface area contributed by atoms with Gasteiger partial charge in [0, 0.05) is 19.0 Å². The molecular formula is C17H16F2N2O3. The molecular weight excluding hydrogens is 318 g/mol. The molecule has 1 unspecified atom stereocenters. The Morgan fingerprint density at radius 2 is 2.21 bits per heavy atom. The van der Waals surface area contributed by atoms with Crippen LogP contribution in [0.1, 0.15) is 28.4 Å². The van der Waals surface area contributed by atoms with Crippen molar-refractivity contribution in [3.8, 4) is 11.6 Å². The predicted molar refractivity (Wildman–Crippen MR) is 82.1 cm³/mol. The molecule has 3 rings (SSSR count). The molecule has 24 heavy (non-hydrogen) atoms. The minimum atomic E-state index is -0.633. The van der Waals surface area contributed by atoms with E-state index in [1.54, 1.807) is 19.2 Å². The Balaban J connectivity index is 1.96. The van der Waals surface area contributed by atoms with Crippen molar-refractivity contribution in [3.05, 3.63) is 53.2 Å². The van der Waals surface area contributed by atoms with Crippen molar-refractivity contribution >= 4 is 5.91 Å². The van der Waals surface area contributed by atoms with Crippen LogP contribution < -0.4 is 9.47 Å². The first-order valence-electron chi connectivity index (χ1n) is 7.41.